The third-order valence-corrected chi connectivity index (χ3v) is 2.25. The van der Waals surface area contributed by atoms with Crippen LogP contribution in [-0.2, 0) is 6.54 Å². The Morgan fingerprint density at radius 2 is 2.40 bits per heavy atom. The first-order valence-corrected chi connectivity index (χ1v) is 5.10. The van der Waals surface area contributed by atoms with Gasteiger partial charge in [-0.05, 0) is 12.1 Å². The van der Waals surface area contributed by atoms with Gasteiger partial charge in [-0.2, -0.15) is 0 Å². The van der Waals surface area contributed by atoms with Gasteiger partial charge in [0.1, 0.15) is 5.65 Å². The second kappa shape index (κ2) is 4.47. The number of nitrogens with zero attached hydrogens (tertiary/aromatic N) is 2. The molecule has 78 valence electrons. The molecule has 0 aromatic carbocycles. The Labute approximate surface area is 93.4 Å². The van der Waals surface area contributed by atoms with Crippen molar-refractivity contribution >= 4 is 17.2 Å². The topological polar surface area (TPSA) is 29.3 Å². The van der Waals surface area contributed by atoms with Crippen LogP contribution in [0.3, 0.4) is 0 Å². The molecule has 0 aliphatic carbocycles. The summed E-state index contributed by atoms with van der Waals surface area (Å²) in [7, 11) is 0. The van der Waals surface area contributed by atoms with Crippen LogP contribution in [0.5, 0.6) is 0 Å². The molecule has 0 saturated heterocycles. The van der Waals surface area contributed by atoms with Gasteiger partial charge in [-0.15, -0.1) is 0 Å². The molecule has 1 N–H and O–H groups in total. The maximum absolute atomic E-state index is 5.66. The minimum atomic E-state index is 0.613. The predicted octanol–water partition coefficient (Wildman–Crippen LogP) is 2.18. The fraction of sp³-hybridized carbons (Fsp3) is 0.182. The van der Waals surface area contributed by atoms with Crippen molar-refractivity contribution in [2.45, 2.75) is 6.54 Å². The lowest BCUT2D eigenvalue weighted by molar-refractivity contribution is 0.730. The molecule has 2 heterocycles. The number of hydrogen-bond donors (Lipinski definition) is 1. The van der Waals surface area contributed by atoms with Gasteiger partial charge in [0.05, 0.1) is 11.9 Å². The highest BCUT2D eigenvalue weighted by atomic mass is 35.5. The van der Waals surface area contributed by atoms with Crippen molar-refractivity contribution in [3.05, 3.63) is 47.9 Å². The Hall–Kier alpha value is -1.32. The maximum Gasteiger partial charge on any atom is 0.136 e. The number of halogens is 1. The summed E-state index contributed by atoms with van der Waals surface area (Å²) in [4.78, 5) is 4.28. The molecular weight excluding hydrogens is 210 g/mol. The van der Waals surface area contributed by atoms with Crippen LogP contribution >= 0.6 is 11.6 Å². The number of nitrogens with one attached hydrogen (secondary N) is 1. The zero-order chi connectivity index (χ0) is 10.7. The first-order valence-electron chi connectivity index (χ1n) is 4.72. The molecule has 2 rings (SSSR count). The molecule has 3 nitrogen and oxygen atoms in total. The SMILES string of the molecule is C=C(Cl)CNCc1cnc2ccccn12. The summed E-state index contributed by atoms with van der Waals surface area (Å²) in [6.07, 6.45) is 3.86. The van der Waals surface area contributed by atoms with Gasteiger partial charge in [-0.3, -0.25) is 0 Å². The quantitative estimate of drug-likeness (QED) is 0.858. The summed E-state index contributed by atoms with van der Waals surface area (Å²) in [5.41, 5.74) is 2.07. The van der Waals surface area contributed by atoms with Crippen LogP contribution in [0.25, 0.3) is 5.65 Å². The molecule has 0 unspecified atom stereocenters. The van der Waals surface area contributed by atoms with Crippen LogP contribution in [0.2, 0.25) is 0 Å². The normalized spacial score (nSPS) is 10.7. The Bertz CT molecular complexity index is 475. The van der Waals surface area contributed by atoms with E-state index in [0.29, 0.717) is 11.6 Å². The first kappa shape index (κ1) is 10.2. The monoisotopic (exact) mass is 221 g/mol. The molecule has 0 amide bonds. The van der Waals surface area contributed by atoms with Crippen molar-refractivity contribution in [2.24, 2.45) is 0 Å². The Morgan fingerprint density at radius 1 is 1.53 bits per heavy atom. The van der Waals surface area contributed by atoms with Crippen molar-refractivity contribution in [3.8, 4) is 0 Å². The molecule has 0 aliphatic heterocycles. The molecule has 0 atom stereocenters. The van der Waals surface area contributed by atoms with E-state index in [1.54, 1.807) is 0 Å². The lowest BCUT2D eigenvalue weighted by Crippen LogP contribution is -2.15. The van der Waals surface area contributed by atoms with Gasteiger partial charge in [-0.1, -0.05) is 24.2 Å². The van der Waals surface area contributed by atoms with E-state index < -0.39 is 0 Å². The van der Waals surface area contributed by atoms with Crippen molar-refractivity contribution < 1.29 is 0 Å². The zero-order valence-electron chi connectivity index (χ0n) is 8.28. The summed E-state index contributed by atoms with van der Waals surface area (Å²) < 4.78 is 2.05. The molecule has 0 fully saturated rings. The first-order chi connectivity index (χ1) is 7.27. The van der Waals surface area contributed by atoms with Crippen molar-refractivity contribution in [1.82, 2.24) is 14.7 Å². The van der Waals surface area contributed by atoms with Gasteiger partial charge in [0.2, 0.25) is 0 Å². The zero-order valence-corrected chi connectivity index (χ0v) is 9.04. The van der Waals surface area contributed by atoms with Crippen LogP contribution in [0.4, 0.5) is 0 Å². The molecule has 15 heavy (non-hydrogen) atoms. The molecule has 2 aromatic heterocycles. The lowest BCUT2D eigenvalue weighted by Gasteiger charge is -2.02. The van der Waals surface area contributed by atoms with E-state index >= 15 is 0 Å². The Kier molecular flexibility index (Phi) is 3.04. The van der Waals surface area contributed by atoms with Crippen molar-refractivity contribution in [2.75, 3.05) is 6.54 Å². The van der Waals surface area contributed by atoms with Gasteiger partial charge >= 0.3 is 0 Å². The third-order valence-electron chi connectivity index (χ3n) is 2.12. The summed E-state index contributed by atoms with van der Waals surface area (Å²) >= 11 is 5.66. The van der Waals surface area contributed by atoms with Gasteiger partial charge in [-0.25, -0.2) is 4.98 Å². The van der Waals surface area contributed by atoms with Crippen LogP contribution in [0.15, 0.2) is 42.2 Å². The van der Waals surface area contributed by atoms with Gasteiger partial charge in [0.25, 0.3) is 0 Å². The van der Waals surface area contributed by atoms with Gasteiger partial charge in [0, 0.05) is 24.3 Å². The van der Waals surface area contributed by atoms with E-state index in [4.69, 9.17) is 11.6 Å². The second-order valence-electron chi connectivity index (χ2n) is 3.30. The molecule has 0 spiro atoms. The number of fused-ring (bicyclic) bond motifs is 1. The van der Waals surface area contributed by atoms with E-state index in [0.717, 1.165) is 17.9 Å². The summed E-state index contributed by atoms with van der Waals surface area (Å²) in [6.45, 7) is 4.96. The number of imidazole rings is 1. The highest BCUT2D eigenvalue weighted by Gasteiger charge is 2.00. The second-order valence-corrected chi connectivity index (χ2v) is 3.83. The highest BCUT2D eigenvalue weighted by Crippen LogP contribution is 2.05. The number of rotatable bonds is 4. The Balaban J connectivity index is 2.11. The molecule has 4 heteroatoms. The summed E-state index contributed by atoms with van der Waals surface area (Å²) in [6, 6.07) is 5.93. The number of pyridine rings is 1. The third kappa shape index (κ3) is 2.37. The van der Waals surface area contributed by atoms with Crippen LogP contribution in [0.1, 0.15) is 5.69 Å². The molecule has 0 radical (unpaired) electrons. The molecule has 0 saturated carbocycles. The minimum Gasteiger partial charge on any atom is -0.306 e. The standard InChI is InChI=1S/C11H12ClN3/c1-9(12)6-13-7-10-8-14-11-4-2-3-5-15(10)11/h2-5,8,13H,1,6-7H2. The van der Waals surface area contributed by atoms with Crippen LogP contribution in [0, 0.1) is 0 Å². The molecule has 2 aromatic rings. The summed E-state index contributed by atoms with van der Waals surface area (Å²) in [5.74, 6) is 0. The van der Waals surface area contributed by atoms with E-state index in [-0.39, 0.29) is 0 Å². The number of aromatic nitrogens is 2. The minimum absolute atomic E-state index is 0.613. The summed E-state index contributed by atoms with van der Waals surface area (Å²) in [5, 5.41) is 3.80. The van der Waals surface area contributed by atoms with E-state index in [1.165, 1.54) is 0 Å². The smallest absolute Gasteiger partial charge is 0.136 e. The van der Waals surface area contributed by atoms with Gasteiger partial charge < -0.3 is 9.72 Å². The Morgan fingerprint density at radius 3 is 3.20 bits per heavy atom. The molecule has 0 aliphatic rings. The van der Waals surface area contributed by atoms with Crippen molar-refractivity contribution in [3.63, 3.8) is 0 Å². The van der Waals surface area contributed by atoms with E-state index in [2.05, 4.69) is 16.9 Å². The van der Waals surface area contributed by atoms with E-state index in [9.17, 15) is 0 Å². The van der Waals surface area contributed by atoms with Gasteiger partial charge in [0.15, 0.2) is 0 Å². The van der Waals surface area contributed by atoms with Crippen molar-refractivity contribution in [1.29, 1.82) is 0 Å². The van der Waals surface area contributed by atoms with E-state index in [1.807, 2.05) is 35.0 Å². The largest absolute Gasteiger partial charge is 0.306 e. The van der Waals surface area contributed by atoms with Crippen LogP contribution in [-0.4, -0.2) is 15.9 Å². The van der Waals surface area contributed by atoms with Crippen LogP contribution < -0.4 is 5.32 Å². The average molecular weight is 222 g/mol. The predicted molar refractivity (Wildman–Crippen MR) is 61.9 cm³/mol. The fourth-order valence-corrected chi connectivity index (χ4v) is 1.54. The number of hydrogen-bond acceptors (Lipinski definition) is 2. The fourth-order valence-electron chi connectivity index (χ4n) is 1.44. The maximum atomic E-state index is 5.66. The molecule has 0 bridgehead atoms. The molecular formula is C11H12ClN3. The highest BCUT2D eigenvalue weighted by molar-refractivity contribution is 6.29. The lowest BCUT2D eigenvalue weighted by atomic mass is 10.4. The average Bonchev–Trinajstić information content (AvgIpc) is 2.62.